The number of H-pyrrole nitrogens is 1. The molecule has 5 N–H and O–H groups in total. The number of nitrogens with one attached hydrogen (secondary N) is 1. The fourth-order valence-corrected chi connectivity index (χ4v) is 2.20. The van der Waals surface area contributed by atoms with Crippen LogP contribution in [0.4, 0.5) is 0 Å². The molecule has 0 aliphatic heterocycles. The van der Waals surface area contributed by atoms with Gasteiger partial charge in [0.15, 0.2) is 17.2 Å². The molecule has 3 rings (SSSR count). The van der Waals surface area contributed by atoms with Gasteiger partial charge in [0.1, 0.15) is 5.75 Å². The third-order valence-corrected chi connectivity index (χ3v) is 3.25. The van der Waals surface area contributed by atoms with E-state index in [2.05, 4.69) is 4.98 Å². The number of fused-ring (bicyclic) bond motifs is 1. The summed E-state index contributed by atoms with van der Waals surface area (Å²) in [6.45, 7) is 0. The normalized spacial score (nSPS) is 10.9. The second-order valence-corrected chi connectivity index (χ2v) is 4.58. The van der Waals surface area contributed by atoms with Gasteiger partial charge in [0.2, 0.25) is 5.43 Å². The highest BCUT2D eigenvalue weighted by atomic mass is 16.3. The molecule has 0 atom stereocenters. The van der Waals surface area contributed by atoms with Crippen LogP contribution in [0.5, 0.6) is 23.0 Å². The monoisotopic (exact) mass is 285 g/mol. The Morgan fingerprint density at radius 3 is 2.33 bits per heavy atom. The summed E-state index contributed by atoms with van der Waals surface area (Å²) in [4.78, 5) is 15.0. The SMILES string of the molecule is O=c1c(O)c(-c2ccc(O)c(O)c2)[nH]c2cccc(O)c12. The Morgan fingerprint density at radius 2 is 1.62 bits per heavy atom. The number of rotatable bonds is 1. The number of hydrogen-bond donors (Lipinski definition) is 5. The van der Waals surface area contributed by atoms with Crippen LogP contribution >= 0.6 is 0 Å². The summed E-state index contributed by atoms with van der Waals surface area (Å²) in [5.41, 5.74) is 0.0447. The van der Waals surface area contributed by atoms with Crippen molar-refractivity contribution >= 4 is 10.9 Å². The minimum atomic E-state index is -0.718. The zero-order valence-electron chi connectivity index (χ0n) is 10.7. The molecule has 106 valence electrons. The lowest BCUT2D eigenvalue weighted by molar-refractivity contribution is 0.404. The Labute approximate surface area is 118 Å². The van der Waals surface area contributed by atoms with Crippen LogP contribution in [0.1, 0.15) is 0 Å². The van der Waals surface area contributed by atoms with Crippen LogP contribution in [0.3, 0.4) is 0 Å². The number of hydrogen-bond acceptors (Lipinski definition) is 5. The fourth-order valence-electron chi connectivity index (χ4n) is 2.20. The van der Waals surface area contributed by atoms with Gasteiger partial charge in [0, 0.05) is 5.56 Å². The molecule has 1 heterocycles. The van der Waals surface area contributed by atoms with Gasteiger partial charge in [-0.1, -0.05) is 6.07 Å². The molecule has 0 amide bonds. The second kappa shape index (κ2) is 4.45. The van der Waals surface area contributed by atoms with Crippen molar-refractivity contribution in [3.8, 4) is 34.3 Å². The molecule has 0 aliphatic rings. The van der Waals surface area contributed by atoms with Gasteiger partial charge in [-0.2, -0.15) is 0 Å². The highest BCUT2D eigenvalue weighted by molar-refractivity contribution is 5.89. The molecular formula is C15H11NO5. The first-order chi connectivity index (χ1) is 9.99. The Morgan fingerprint density at radius 1 is 0.857 bits per heavy atom. The molecule has 0 radical (unpaired) electrons. The third-order valence-electron chi connectivity index (χ3n) is 3.25. The van der Waals surface area contributed by atoms with Gasteiger partial charge >= 0.3 is 0 Å². The molecular weight excluding hydrogens is 274 g/mol. The molecule has 0 fully saturated rings. The van der Waals surface area contributed by atoms with Crippen LogP contribution in [0, 0.1) is 0 Å². The van der Waals surface area contributed by atoms with E-state index in [-0.39, 0.29) is 28.3 Å². The van der Waals surface area contributed by atoms with Crippen molar-refractivity contribution in [2.75, 3.05) is 0 Å². The van der Waals surface area contributed by atoms with Crippen molar-refractivity contribution in [1.29, 1.82) is 0 Å². The molecule has 0 bridgehead atoms. The lowest BCUT2D eigenvalue weighted by atomic mass is 10.1. The minimum absolute atomic E-state index is 0.0123. The Hall–Kier alpha value is -3.15. The number of phenolic OH excluding ortho intramolecular Hbond substituents is 3. The zero-order valence-corrected chi connectivity index (χ0v) is 10.7. The first-order valence-corrected chi connectivity index (χ1v) is 6.08. The quantitative estimate of drug-likeness (QED) is 0.439. The molecule has 21 heavy (non-hydrogen) atoms. The molecule has 0 saturated heterocycles. The molecule has 3 aromatic rings. The molecule has 0 saturated carbocycles. The summed E-state index contributed by atoms with van der Waals surface area (Å²) in [5, 5.41) is 38.6. The average molecular weight is 285 g/mol. The summed E-state index contributed by atoms with van der Waals surface area (Å²) < 4.78 is 0. The van der Waals surface area contributed by atoms with E-state index in [1.54, 1.807) is 12.1 Å². The van der Waals surface area contributed by atoms with Gasteiger partial charge in [-0.15, -0.1) is 0 Å². The summed E-state index contributed by atoms with van der Waals surface area (Å²) in [5.74, 6) is -1.49. The number of pyridine rings is 1. The average Bonchev–Trinajstić information content (AvgIpc) is 2.46. The van der Waals surface area contributed by atoms with E-state index >= 15 is 0 Å². The number of aromatic amines is 1. The number of phenols is 3. The Balaban J connectivity index is 2.36. The summed E-state index contributed by atoms with van der Waals surface area (Å²) >= 11 is 0. The maximum absolute atomic E-state index is 12.2. The van der Waals surface area contributed by atoms with Crippen molar-refractivity contribution in [3.05, 3.63) is 46.6 Å². The molecule has 0 spiro atoms. The van der Waals surface area contributed by atoms with Crippen LogP contribution in [0.2, 0.25) is 0 Å². The molecule has 0 aliphatic carbocycles. The van der Waals surface area contributed by atoms with Crippen molar-refractivity contribution in [1.82, 2.24) is 4.98 Å². The maximum atomic E-state index is 12.2. The molecule has 6 nitrogen and oxygen atoms in total. The van der Waals surface area contributed by atoms with E-state index in [0.29, 0.717) is 11.1 Å². The van der Waals surface area contributed by atoms with Crippen molar-refractivity contribution < 1.29 is 20.4 Å². The van der Waals surface area contributed by atoms with Crippen molar-refractivity contribution in [2.45, 2.75) is 0 Å². The molecule has 2 aromatic carbocycles. The van der Waals surface area contributed by atoms with Gasteiger partial charge in [-0.3, -0.25) is 4.79 Å². The smallest absolute Gasteiger partial charge is 0.235 e. The van der Waals surface area contributed by atoms with E-state index in [9.17, 15) is 25.2 Å². The highest BCUT2D eigenvalue weighted by Crippen LogP contribution is 2.34. The largest absolute Gasteiger partial charge is 0.507 e. The zero-order chi connectivity index (χ0) is 15.1. The Bertz CT molecular complexity index is 914. The van der Waals surface area contributed by atoms with E-state index in [4.69, 9.17) is 0 Å². The summed E-state index contributed by atoms with van der Waals surface area (Å²) in [7, 11) is 0. The van der Waals surface area contributed by atoms with Crippen molar-refractivity contribution in [2.24, 2.45) is 0 Å². The van der Waals surface area contributed by atoms with E-state index in [1.807, 2.05) is 0 Å². The lowest BCUT2D eigenvalue weighted by Gasteiger charge is -2.09. The molecule has 6 heteroatoms. The third kappa shape index (κ3) is 1.93. The van der Waals surface area contributed by atoms with Gasteiger partial charge in [-0.25, -0.2) is 0 Å². The first-order valence-electron chi connectivity index (χ1n) is 6.08. The van der Waals surface area contributed by atoms with Crippen molar-refractivity contribution in [3.63, 3.8) is 0 Å². The topological polar surface area (TPSA) is 114 Å². The molecule has 0 unspecified atom stereocenters. The van der Waals surface area contributed by atoms with E-state index in [1.165, 1.54) is 24.3 Å². The fraction of sp³-hybridized carbons (Fsp3) is 0. The van der Waals surface area contributed by atoms with Crippen LogP contribution in [0.25, 0.3) is 22.2 Å². The van der Waals surface area contributed by atoms with Crippen LogP contribution < -0.4 is 5.43 Å². The van der Waals surface area contributed by atoms with Gasteiger partial charge < -0.3 is 25.4 Å². The predicted octanol–water partition coefficient (Wildman–Crippen LogP) is 2.02. The Kier molecular flexibility index (Phi) is 2.72. The summed E-state index contributed by atoms with van der Waals surface area (Å²) in [6.07, 6.45) is 0. The minimum Gasteiger partial charge on any atom is -0.507 e. The summed E-state index contributed by atoms with van der Waals surface area (Å²) in [6, 6.07) is 8.39. The molecule has 1 aromatic heterocycles. The number of aromatic nitrogens is 1. The van der Waals surface area contributed by atoms with E-state index in [0.717, 1.165) is 0 Å². The van der Waals surface area contributed by atoms with Gasteiger partial charge in [-0.05, 0) is 30.3 Å². The second-order valence-electron chi connectivity index (χ2n) is 4.58. The lowest BCUT2D eigenvalue weighted by Crippen LogP contribution is -2.05. The number of aromatic hydroxyl groups is 4. The van der Waals surface area contributed by atoms with Crippen LogP contribution in [0.15, 0.2) is 41.2 Å². The standard InChI is InChI=1S/C15H11NO5/c17-9-5-4-7(6-11(9)19)13-15(21)14(20)12-8(16-13)2-1-3-10(12)18/h1-6,17-19,21H,(H,16,20). The maximum Gasteiger partial charge on any atom is 0.235 e. The van der Waals surface area contributed by atoms with Gasteiger partial charge in [0.05, 0.1) is 16.6 Å². The van der Waals surface area contributed by atoms with Gasteiger partial charge in [0.25, 0.3) is 0 Å². The van der Waals surface area contributed by atoms with E-state index < -0.39 is 11.2 Å². The highest BCUT2D eigenvalue weighted by Gasteiger charge is 2.15. The number of benzene rings is 2. The van der Waals surface area contributed by atoms with Crippen LogP contribution in [-0.2, 0) is 0 Å². The van der Waals surface area contributed by atoms with Crippen LogP contribution in [-0.4, -0.2) is 25.4 Å². The predicted molar refractivity (Wildman–Crippen MR) is 76.7 cm³/mol. The first kappa shape index (κ1) is 12.9.